The van der Waals surface area contributed by atoms with Crippen LogP contribution in [0.5, 0.6) is 0 Å². The molecule has 1 N–H and O–H groups in total. The number of aromatic nitrogens is 2. The zero-order valence-corrected chi connectivity index (χ0v) is 7.36. The van der Waals surface area contributed by atoms with E-state index < -0.39 is 5.97 Å². The standard InChI is InChI=1S/C8H6N2O2S/c11-8(12)6-3-4-9-10(6)7-2-1-5-13-7/h1-5H,(H,11,12). The van der Waals surface area contributed by atoms with E-state index in [2.05, 4.69) is 5.10 Å². The average molecular weight is 194 g/mol. The van der Waals surface area contributed by atoms with Gasteiger partial charge in [0.05, 0.1) is 6.20 Å². The number of nitrogens with zero attached hydrogens (tertiary/aromatic N) is 2. The Morgan fingerprint density at radius 2 is 2.38 bits per heavy atom. The van der Waals surface area contributed by atoms with E-state index in [4.69, 9.17) is 5.11 Å². The maximum atomic E-state index is 10.7. The fourth-order valence-corrected chi connectivity index (χ4v) is 1.73. The van der Waals surface area contributed by atoms with Crippen molar-refractivity contribution >= 4 is 17.3 Å². The fourth-order valence-electron chi connectivity index (χ4n) is 1.03. The molecule has 2 aromatic rings. The first-order valence-electron chi connectivity index (χ1n) is 3.60. The minimum atomic E-state index is -0.967. The largest absolute Gasteiger partial charge is 0.477 e. The van der Waals surface area contributed by atoms with Crippen LogP contribution in [-0.4, -0.2) is 20.9 Å². The molecular formula is C8H6N2O2S. The SMILES string of the molecule is O=C(O)c1ccnn1-c1cccs1. The van der Waals surface area contributed by atoms with Gasteiger partial charge in [0.15, 0.2) is 5.69 Å². The number of carboxylic acids is 1. The summed E-state index contributed by atoms with van der Waals surface area (Å²) in [5.41, 5.74) is 0.183. The maximum Gasteiger partial charge on any atom is 0.354 e. The Bertz CT molecular complexity index is 419. The maximum absolute atomic E-state index is 10.7. The Kier molecular flexibility index (Phi) is 1.86. The topological polar surface area (TPSA) is 55.1 Å². The highest BCUT2D eigenvalue weighted by molar-refractivity contribution is 7.12. The highest BCUT2D eigenvalue weighted by Gasteiger charge is 2.11. The van der Waals surface area contributed by atoms with Crippen molar-refractivity contribution in [1.29, 1.82) is 0 Å². The molecular weight excluding hydrogens is 188 g/mol. The second-order valence-electron chi connectivity index (χ2n) is 2.38. The Labute approximate surface area is 78.1 Å². The zero-order chi connectivity index (χ0) is 9.26. The van der Waals surface area contributed by atoms with Gasteiger partial charge in [-0.1, -0.05) is 0 Å². The molecule has 4 nitrogen and oxygen atoms in total. The molecule has 2 aromatic heterocycles. The van der Waals surface area contributed by atoms with Gasteiger partial charge in [-0.25, -0.2) is 9.48 Å². The number of aromatic carboxylic acids is 1. The molecule has 0 fully saturated rings. The molecule has 0 aliphatic rings. The van der Waals surface area contributed by atoms with Crippen LogP contribution in [0.4, 0.5) is 0 Å². The molecule has 0 atom stereocenters. The third-order valence-corrected chi connectivity index (χ3v) is 2.42. The first kappa shape index (κ1) is 8.00. The van der Waals surface area contributed by atoms with Crippen molar-refractivity contribution in [2.75, 3.05) is 0 Å². The van der Waals surface area contributed by atoms with Crippen LogP contribution < -0.4 is 0 Å². The highest BCUT2D eigenvalue weighted by atomic mass is 32.1. The number of thiophene rings is 1. The Morgan fingerprint density at radius 3 is 3.00 bits per heavy atom. The first-order chi connectivity index (χ1) is 6.29. The van der Waals surface area contributed by atoms with Crippen molar-refractivity contribution in [3.8, 4) is 5.00 Å². The fraction of sp³-hybridized carbons (Fsp3) is 0. The Hall–Kier alpha value is -1.62. The summed E-state index contributed by atoms with van der Waals surface area (Å²) in [4.78, 5) is 10.7. The van der Waals surface area contributed by atoms with E-state index in [0.717, 1.165) is 5.00 Å². The van der Waals surface area contributed by atoms with Crippen LogP contribution in [-0.2, 0) is 0 Å². The van der Waals surface area contributed by atoms with Gasteiger partial charge in [-0.15, -0.1) is 11.3 Å². The van der Waals surface area contributed by atoms with Crippen LogP contribution in [0.2, 0.25) is 0 Å². The molecule has 0 aliphatic carbocycles. The van der Waals surface area contributed by atoms with Gasteiger partial charge in [-0.2, -0.15) is 5.10 Å². The predicted octanol–water partition coefficient (Wildman–Crippen LogP) is 1.63. The Balaban J connectivity index is 2.52. The van der Waals surface area contributed by atoms with Gasteiger partial charge in [-0.3, -0.25) is 0 Å². The van der Waals surface area contributed by atoms with Crippen molar-refractivity contribution in [3.63, 3.8) is 0 Å². The van der Waals surface area contributed by atoms with Gasteiger partial charge in [-0.05, 0) is 23.6 Å². The molecule has 0 saturated carbocycles. The molecule has 0 spiro atoms. The lowest BCUT2D eigenvalue weighted by Crippen LogP contribution is -2.06. The molecule has 66 valence electrons. The minimum absolute atomic E-state index is 0.183. The van der Waals surface area contributed by atoms with E-state index in [-0.39, 0.29) is 5.69 Å². The van der Waals surface area contributed by atoms with E-state index >= 15 is 0 Å². The quantitative estimate of drug-likeness (QED) is 0.790. The van der Waals surface area contributed by atoms with Crippen LogP contribution in [0, 0.1) is 0 Å². The summed E-state index contributed by atoms with van der Waals surface area (Å²) in [6.07, 6.45) is 1.48. The van der Waals surface area contributed by atoms with Gasteiger partial charge in [0, 0.05) is 0 Å². The van der Waals surface area contributed by atoms with Crippen molar-refractivity contribution in [2.24, 2.45) is 0 Å². The van der Waals surface area contributed by atoms with E-state index in [0.29, 0.717) is 0 Å². The molecule has 5 heteroatoms. The molecule has 13 heavy (non-hydrogen) atoms. The monoisotopic (exact) mass is 194 g/mol. The third-order valence-electron chi connectivity index (χ3n) is 1.58. The summed E-state index contributed by atoms with van der Waals surface area (Å²) in [5, 5.41) is 15.4. The van der Waals surface area contributed by atoms with E-state index in [1.54, 1.807) is 0 Å². The van der Waals surface area contributed by atoms with Crippen LogP contribution >= 0.6 is 11.3 Å². The van der Waals surface area contributed by atoms with Crippen LogP contribution in [0.1, 0.15) is 10.5 Å². The average Bonchev–Trinajstić information content (AvgIpc) is 2.74. The smallest absolute Gasteiger partial charge is 0.354 e. The number of rotatable bonds is 2. The van der Waals surface area contributed by atoms with Crippen LogP contribution in [0.25, 0.3) is 5.00 Å². The number of hydrogen-bond donors (Lipinski definition) is 1. The van der Waals surface area contributed by atoms with Gasteiger partial charge >= 0.3 is 5.97 Å². The highest BCUT2D eigenvalue weighted by Crippen LogP contribution is 2.15. The summed E-state index contributed by atoms with van der Waals surface area (Å²) in [6.45, 7) is 0. The van der Waals surface area contributed by atoms with Gasteiger partial charge < -0.3 is 5.11 Å². The van der Waals surface area contributed by atoms with E-state index in [1.807, 2.05) is 17.5 Å². The normalized spacial score (nSPS) is 10.2. The first-order valence-corrected chi connectivity index (χ1v) is 4.48. The molecule has 0 saturated heterocycles. The minimum Gasteiger partial charge on any atom is -0.477 e. The molecule has 0 bridgehead atoms. The molecule has 2 rings (SSSR count). The summed E-state index contributed by atoms with van der Waals surface area (Å²) in [7, 11) is 0. The summed E-state index contributed by atoms with van der Waals surface area (Å²) < 4.78 is 1.41. The second kappa shape index (κ2) is 3.02. The van der Waals surface area contributed by atoms with E-state index in [1.165, 1.54) is 28.3 Å². The number of carboxylic acid groups (broad SMARTS) is 1. The molecule has 2 heterocycles. The van der Waals surface area contributed by atoms with Crippen LogP contribution in [0.3, 0.4) is 0 Å². The molecule has 0 amide bonds. The van der Waals surface area contributed by atoms with E-state index in [9.17, 15) is 4.79 Å². The molecule has 0 radical (unpaired) electrons. The number of hydrogen-bond acceptors (Lipinski definition) is 3. The van der Waals surface area contributed by atoms with Crippen molar-refractivity contribution in [1.82, 2.24) is 9.78 Å². The molecule has 0 aromatic carbocycles. The lowest BCUT2D eigenvalue weighted by Gasteiger charge is -1.98. The Morgan fingerprint density at radius 1 is 1.54 bits per heavy atom. The summed E-state index contributed by atoms with van der Waals surface area (Å²) in [5.74, 6) is -0.967. The number of carbonyl (C=O) groups is 1. The zero-order valence-electron chi connectivity index (χ0n) is 6.54. The van der Waals surface area contributed by atoms with Crippen molar-refractivity contribution in [3.05, 3.63) is 35.5 Å². The predicted molar refractivity (Wildman–Crippen MR) is 48.4 cm³/mol. The van der Waals surface area contributed by atoms with Crippen molar-refractivity contribution in [2.45, 2.75) is 0 Å². The van der Waals surface area contributed by atoms with Gasteiger partial charge in [0.1, 0.15) is 5.00 Å². The van der Waals surface area contributed by atoms with Crippen molar-refractivity contribution < 1.29 is 9.90 Å². The lowest BCUT2D eigenvalue weighted by atomic mass is 10.4. The van der Waals surface area contributed by atoms with Gasteiger partial charge in [0.25, 0.3) is 0 Å². The summed E-state index contributed by atoms with van der Waals surface area (Å²) in [6, 6.07) is 5.15. The van der Waals surface area contributed by atoms with Gasteiger partial charge in [0.2, 0.25) is 0 Å². The lowest BCUT2D eigenvalue weighted by molar-refractivity contribution is 0.0687. The summed E-state index contributed by atoms with van der Waals surface area (Å²) >= 11 is 1.45. The molecule has 0 unspecified atom stereocenters. The van der Waals surface area contributed by atoms with Crippen LogP contribution in [0.15, 0.2) is 29.8 Å². The second-order valence-corrected chi connectivity index (χ2v) is 3.31. The molecule has 0 aliphatic heterocycles. The third kappa shape index (κ3) is 1.33.